The lowest BCUT2D eigenvalue weighted by molar-refractivity contribution is -0.274. The van der Waals surface area contributed by atoms with Crippen LogP contribution < -0.4 is 10.1 Å². The van der Waals surface area contributed by atoms with Crippen molar-refractivity contribution < 1.29 is 22.7 Å². The van der Waals surface area contributed by atoms with Crippen molar-refractivity contribution >= 4 is 40.7 Å². The van der Waals surface area contributed by atoms with E-state index in [9.17, 15) is 18.0 Å². The van der Waals surface area contributed by atoms with Gasteiger partial charge >= 0.3 is 6.36 Å². The topological polar surface area (TPSA) is 94.8 Å². The molecular weight excluding hydrogens is 544 g/mol. The maximum Gasteiger partial charge on any atom is 0.573 e. The summed E-state index contributed by atoms with van der Waals surface area (Å²) in [6.45, 7) is 1.62. The van der Waals surface area contributed by atoms with E-state index in [0.29, 0.717) is 16.4 Å². The van der Waals surface area contributed by atoms with Crippen molar-refractivity contribution in [3.8, 4) is 23.0 Å². The Morgan fingerprint density at radius 2 is 1.81 bits per heavy atom. The van der Waals surface area contributed by atoms with Crippen LogP contribution in [0.3, 0.4) is 0 Å². The van der Waals surface area contributed by atoms with Crippen molar-refractivity contribution in [3.05, 3.63) is 81.4 Å². The average Bonchev–Trinajstić information content (AvgIpc) is 3.24. The monoisotopic (exact) mass is 556 g/mol. The minimum absolute atomic E-state index is 0.111. The second-order valence-electron chi connectivity index (χ2n) is 7.33. The molecule has 1 aromatic carbocycles. The lowest BCUT2D eigenvalue weighted by Gasteiger charge is -2.15. The molecule has 0 spiro atoms. The quantitative estimate of drug-likeness (QED) is 0.289. The summed E-state index contributed by atoms with van der Waals surface area (Å²) in [6.07, 6.45) is -2.04. The molecule has 0 saturated carbocycles. The molecule has 0 saturated heterocycles. The fraction of sp³-hybridized carbons (Fsp3) is 0.136. The van der Waals surface area contributed by atoms with Crippen molar-refractivity contribution in [2.24, 2.45) is 0 Å². The van der Waals surface area contributed by atoms with Gasteiger partial charge in [0, 0.05) is 28.5 Å². The van der Waals surface area contributed by atoms with E-state index in [1.54, 1.807) is 31.2 Å². The van der Waals surface area contributed by atoms with Gasteiger partial charge in [-0.15, -0.1) is 18.3 Å². The zero-order valence-electron chi connectivity index (χ0n) is 18.1. The number of aromatic nitrogens is 5. The second kappa shape index (κ2) is 10.3. The Hall–Kier alpha value is -3.41. The van der Waals surface area contributed by atoms with Crippen molar-refractivity contribution in [1.82, 2.24) is 30.0 Å². The largest absolute Gasteiger partial charge is 0.573 e. The Labute approximate surface area is 217 Å². The molecule has 3 aromatic heterocycles. The third kappa shape index (κ3) is 6.23. The first-order chi connectivity index (χ1) is 17.0. The van der Waals surface area contributed by atoms with Crippen molar-refractivity contribution in [2.45, 2.75) is 19.3 Å². The van der Waals surface area contributed by atoms with Gasteiger partial charge in [-0.1, -0.05) is 34.8 Å². The fourth-order valence-electron chi connectivity index (χ4n) is 3.13. The Morgan fingerprint density at radius 1 is 1.03 bits per heavy atom. The summed E-state index contributed by atoms with van der Waals surface area (Å²) in [7, 11) is 0. The molecule has 0 bridgehead atoms. The molecule has 1 atom stereocenters. The summed E-state index contributed by atoms with van der Waals surface area (Å²) < 4.78 is 43.2. The van der Waals surface area contributed by atoms with E-state index in [1.807, 2.05) is 0 Å². The standard InChI is InChI=1S/C22H14Cl3F3N6O2/c1-11(31-21(35)13-6-15(24)8-16(7-13)36-22(26,27)28)20-32-19(12-2-4-17(25)29-9-12)33-34(20)18-5-3-14(23)10-30-18/h2-11H,1H3,(H,31,35). The molecule has 36 heavy (non-hydrogen) atoms. The van der Waals surface area contributed by atoms with Crippen LogP contribution in [0.4, 0.5) is 13.2 Å². The molecule has 1 unspecified atom stereocenters. The van der Waals surface area contributed by atoms with Crippen LogP contribution in [0.1, 0.15) is 29.1 Å². The molecule has 4 aromatic rings. The van der Waals surface area contributed by atoms with Crippen molar-refractivity contribution in [2.75, 3.05) is 0 Å². The number of halogens is 6. The van der Waals surface area contributed by atoms with E-state index in [1.165, 1.54) is 23.1 Å². The van der Waals surface area contributed by atoms with E-state index < -0.39 is 24.1 Å². The normalized spacial score (nSPS) is 12.3. The molecule has 1 N–H and O–H groups in total. The number of benzene rings is 1. The molecule has 0 aliphatic rings. The van der Waals surface area contributed by atoms with Crippen LogP contribution in [0.15, 0.2) is 54.9 Å². The molecule has 186 valence electrons. The first kappa shape index (κ1) is 25.7. The Bertz CT molecular complexity index is 1400. The van der Waals surface area contributed by atoms with Crippen LogP contribution in [0.25, 0.3) is 17.2 Å². The summed E-state index contributed by atoms with van der Waals surface area (Å²) in [5.41, 5.74) is 0.405. The highest BCUT2D eigenvalue weighted by Gasteiger charge is 2.31. The number of hydrogen-bond acceptors (Lipinski definition) is 6. The molecule has 0 aliphatic carbocycles. The van der Waals surface area contributed by atoms with Gasteiger partial charge in [0.05, 0.1) is 11.1 Å². The maximum absolute atomic E-state index is 12.9. The number of nitrogens with zero attached hydrogens (tertiary/aromatic N) is 5. The summed E-state index contributed by atoms with van der Waals surface area (Å²) in [4.78, 5) is 25.7. The number of hydrogen-bond donors (Lipinski definition) is 1. The SMILES string of the molecule is CC(NC(=O)c1cc(Cl)cc(OC(F)(F)F)c1)c1nc(-c2ccc(Cl)nc2)nn1-c1ccc(Cl)cn1. The summed E-state index contributed by atoms with van der Waals surface area (Å²) >= 11 is 17.7. The third-order valence-corrected chi connectivity index (χ3v) is 5.31. The van der Waals surface area contributed by atoms with Crippen LogP contribution in [-0.4, -0.2) is 37.0 Å². The Morgan fingerprint density at radius 3 is 2.44 bits per heavy atom. The van der Waals surface area contributed by atoms with Crippen LogP contribution in [-0.2, 0) is 0 Å². The summed E-state index contributed by atoms with van der Waals surface area (Å²) in [5.74, 6) is -0.434. The highest BCUT2D eigenvalue weighted by atomic mass is 35.5. The highest BCUT2D eigenvalue weighted by Crippen LogP contribution is 2.28. The van der Waals surface area contributed by atoms with Crippen LogP contribution >= 0.6 is 34.8 Å². The molecule has 3 heterocycles. The zero-order chi connectivity index (χ0) is 26.0. The number of alkyl halides is 3. The average molecular weight is 558 g/mol. The lowest BCUT2D eigenvalue weighted by atomic mass is 10.2. The number of rotatable bonds is 6. The van der Waals surface area contributed by atoms with Gasteiger partial charge in [-0.05, 0) is 49.4 Å². The predicted molar refractivity (Wildman–Crippen MR) is 126 cm³/mol. The third-order valence-electron chi connectivity index (χ3n) is 4.65. The van der Waals surface area contributed by atoms with Gasteiger partial charge in [0.2, 0.25) is 0 Å². The second-order valence-corrected chi connectivity index (χ2v) is 8.59. The van der Waals surface area contributed by atoms with Crippen molar-refractivity contribution in [3.63, 3.8) is 0 Å². The van der Waals surface area contributed by atoms with Gasteiger partial charge in [0.1, 0.15) is 10.9 Å². The van der Waals surface area contributed by atoms with E-state index in [0.717, 1.165) is 12.1 Å². The van der Waals surface area contributed by atoms with Crippen LogP contribution in [0.2, 0.25) is 15.2 Å². The van der Waals surface area contributed by atoms with Crippen LogP contribution in [0.5, 0.6) is 5.75 Å². The number of ether oxygens (including phenoxy) is 1. The molecule has 0 fully saturated rings. The summed E-state index contributed by atoms with van der Waals surface area (Å²) in [5, 5.41) is 7.74. The number of pyridine rings is 2. The maximum atomic E-state index is 12.9. The summed E-state index contributed by atoms with van der Waals surface area (Å²) in [6, 6.07) is 8.77. The number of amides is 1. The number of carbonyl (C=O) groups is 1. The minimum Gasteiger partial charge on any atom is -0.406 e. The minimum atomic E-state index is -4.94. The molecule has 14 heteroatoms. The Balaban J connectivity index is 1.67. The number of carbonyl (C=O) groups excluding carboxylic acids is 1. The van der Waals surface area contributed by atoms with Gasteiger partial charge in [0.15, 0.2) is 17.5 Å². The molecule has 0 aliphatic heterocycles. The van der Waals surface area contributed by atoms with Gasteiger partial charge in [-0.25, -0.2) is 15.0 Å². The molecular formula is C22H14Cl3F3N6O2. The van der Waals surface area contributed by atoms with E-state index in [-0.39, 0.29) is 27.4 Å². The fourth-order valence-corrected chi connectivity index (χ4v) is 3.58. The first-order valence-corrected chi connectivity index (χ1v) is 11.2. The zero-order valence-corrected chi connectivity index (χ0v) is 20.4. The van der Waals surface area contributed by atoms with E-state index >= 15 is 0 Å². The predicted octanol–water partition coefficient (Wildman–Crippen LogP) is 6.07. The lowest BCUT2D eigenvalue weighted by Crippen LogP contribution is -2.29. The molecule has 0 radical (unpaired) electrons. The van der Waals surface area contributed by atoms with Gasteiger partial charge in [-0.3, -0.25) is 4.79 Å². The van der Waals surface area contributed by atoms with Gasteiger partial charge in [-0.2, -0.15) is 4.68 Å². The molecule has 8 nitrogen and oxygen atoms in total. The number of nitrogens with one attached hydrogen (secondary N) is 1. The molecule has 4 rings (SSSR count). The van der Waals surface area contributed by atoms with E-state index in [2.05, 4.69) is 30.1 Å². The Kier molecular flexibility index (Phi) is 7.34. The highest BCUT2D eigenvalue weighted by molar-refractivity contribution is 6.31. The van der Waals surface area contributed by atoms with E-state index in [4.69, 9.17) is 34.8 Å². The molecule has 1 amide bonds. The van der Waals surface area contributed by atoms with Gasteiger partial charge < -0.3 is 10.1 Å². The van der Waals surface area contributed by atoms with Gasteiger partial charge in [0.25, 0.3) is 5.91 Å². The smallest absolute Gasteiger partial charge is 0.406 e. The first-order valence-electron chi connectivity index (χ1n) is 10.1. The van der Waals surface area contributed by atoms with Crippen LogP contribution in [0, 0.1) is 0 Å². The van der Waals surface area contributed by atoms with Crippen molar-refractivity contribution in [1.29, 1.82) is 0 Å².